The molecule has 2 aliphatic carbocycles. The van der Waals surface area contributed by atoms with E-state index in [9.17, 15) is 9.90 Å². The van der Waals surface area contributed by atoms with Crippen LogP contribution >= 0.6 is 0 Å². The number of fused-ring (bicyclic) bond motifs is 5. The van der Waals surface area contributed by atoms with E-state index in [1.54, 1.807) is 7.05 Å². The van der Waals surface area contributed by atoms with Gasteiger partial charge < -0.3 is 10.0 Å². The number of hydrogen-bond acceptors (Lipinski definition) is 2. The first-order valence-corrected chi connectivity index (χ1v) is 4.83. The summed E-state index contributed by atoms with van der Waals surface area (Å²) in [6.45, 7) is 0. The van der Waals surface area contributed by atoms with Crippen LogP contribution in [0.3, 0.4) is 0 Å². The van der Waals surface area contributed by atoms with Crippen molar-refractivity contribution in [1.29, 1.82) is 0 Å². The molecule has 5 atom stereocenters. The third-order valence-corrected chi connectivity index (χ3v) is 3.89. The summed E-state index contributed by atoms with van der Waals surface area (Å²) in [6.07, 6.45) is 4.85. The van der Waals surface area contributed by atoms with E-state index in [0.29, 0.717) is 11.8 Å². The van der Waals surface area contributed by atoms with E-state index in [2.05, 4.69) is 12.2 Å². The number of rotatable bonds is 0. The van der Waals surface area contributed by atoms with Crippen LogP contribution in [0.5, 0.6) is 0 Å². The van der Waals surface area contributed by atoms with Gasteiger partial charge in [-0.05, 0) is 18.3 Å². The zero-order chi connectivity index (χ0) is 9.16. The monoisotopic (exact) mass is 179 g/mol. The summed E-state index contributed by atoms with van der Waals surface area (Å²) in [7, 11) is 1.70. The van der Waals surface area contributed by atoms with Crippen molar-refractivity contribution in [2.75, 3.05) is 7.05 Å². The van der Waals surface area contributed by atoms with Crippen LogP contribution in [0.1, 0.15) is 6.42 Å². The highest BCUT2D eigenvalue weighted by Crippen LogP contribution is 2.53. The van der Waals surface area contributed by atoms with Crippen LogP contribution in [0, 0.1) is 23.7 Å². The third kappa shape index (κ3) is 0.718. The van der Waals surface area contributed by atoms with E-state index < -0.39 is 6.23 Å². The lowest BCUT2D eigenvalue weighted by atomic mass is 9.85. The van der Waals surface area contributed by atoms with E-state index >= 15 is 0 Å². The smallest absolute Gasteiger partial charge is 0.228 e. The van der Waals surface area contributed by atoms with Crippen LogP contribution in [0.2, 0.25) is 0 Å². The molecule has 13 heavy (non-hydrogen) atoms. The van der Waals surface area contributed by atoms with Crippen molar-refractivity contribution in [2.45, 2.75) is 12.6 Å². The molecule has 2 bridgehead atoms. The van der Waals surface area contributed by atoms with Crippen LogP contribution in [0.15, 0.2) is 12.2 Å². The predicted molar refractivity (Wildman–Crippen MR) is 46.5 cm³/mol. The highest BCUT2D eigenvalue weighted by molar-refractivity contribution is 5.83. The zero-order valence-corrected chi connectivity index (χ0v) is 7.55. The first kappa shape index (κ1) is 7.56. The lowest BCUT2D eigenvalue weighted by Gasteiger charge is -2.21. The standard InChI is InChI=1S/C10H13NO2/c1-11-9(12)7-5-2-3-6(4-5)8(7)10(11)13/h2-3,5-9,12H,4H2,1H3/t5?,6?,7?,8-,9-/m1/s1. The number of allylic oxidation sites excluding steroid dienone is 2. The Morgan fingerprint density at radius 1 is 1.46 bits per heavy atom. The Balaban J connectivity index is 2.03. The molecule has 3 heteroatoms. The minimum atomic E-state index is -0.544. The molecular formula is C10H13NO2. The minimum Gasteiger partial charge on any atom is -0.373 e. The molecule has 3 unspecified atom stereocenters. The zero-order valence-electron chi connectivity index (χ0n) is 7.55. The van der Waals surface area contributed by atoms with E-state index in [1.807, 2.05) is 0 Å². The second-order valence-corrected chi connectivity index (χ2v) is 4.41. The molecule has 3 nitrogen and oxygen atoms in total. The summed E-state index contributed by atoms with van der Waals surface area (Å²) in [5.41, 5.74) is 0. The summed E-state index contributed by atoms with van der Waals surface area (Å²) < 4.78 is 0. The highest BCUT2D eigenvalue weighted by atomic mass is 16.3. The maximum atomic E-state index is 11.7. The average Bonchev–Trinajstić information content (AvgIpc) is 2.76. The second-order valence-electron chi connectivity index (χ2n) is 4.41. The molecule has 1 aliphatic heterocycles. The van der Waals surface area contributed by atoms with Crippen molar-refractivity contribution in [3.63, 3.8) is 0 Å². The quantitative estimate of drug-likeness (QED) is 0.540. The number of hydrogen-bond donors (Lipinski definition) is 1. The van der Waals surface area contributed by atoms with Gasteiger partial charge in [0.2, 0.25) is 5.91 Å². The van der Waals surface area contributed by atoms with Gasteiger partial charge in [-0.1, -0.05) is 12.2 Å². The second kappa shape index (κ2) is 2.15. The molecule has 1 saturated carbocycles. The molecule has 2 fully saturated rings. The van der Waals surface area contributed by atoms with E-state index in [0.717, 1.165) is 6.42 Å². The first-order valence-electron chi connectivity index (χ1n) is 4.83. The molecule has 1 N–H and O–H groups in total. The first-order chi connectivity index (χ1) is 6.20. The number of carbonyl (C=O) groups is 1. The van der Waals surface area contributed by atoms with Gasteiger partial charge >= 0.3 is 0 Å². The van der Waals surface area contributed by atoms with E-state index in [-0.39, 0.29) is 17.7 Å². The van der Waals surface area contributed by atoms with Crippen LogP contribution in [0.4, 0.5) is 0 Å². The Labute approximate surface area is 77.0 Å². The van der Waals surface area contributed by atoms with Crippen LogP contribution < -0.4 is 0 Å². The van der Waals surface area contributed by atoms with Gasteiger partial charge in [0.15, 0.2) is 0 Å². The number of nitrogens with zero attached hydrogens (tertiary/aromatic N) is 1. The summed E-state index contributed by atoms with van der Waals surface area (Å²) >= 11 is 0. The maximum Gasteiger partial charge on any atom is 0.228 e. The molecule has 1 saturated heterocycles. The summed E-state index contributed by atoms with van der Waals surface area (Å²) in [5.74, 6) is 1.23. The van der Waals surface area contributed by atoms with Gasteiger partial charge in [0.05, 0.1) is 5.92 Å². The number of aliphatic hydroxyl groups excluding tert-OH is 1. The lowest BCUT2D eigenvalue weighted by Crippen LogP contribution is -2.33. The fraction of sp³-hybridized carbons (Fsp3) is 0.700. The van der Waals surface area contributed by atoms with Gasteiger partial charge in [-0.2, -0.15) is 0 Å². The van der Waals surface area contributed by atoms with Crippen molar-refractivity contribution in [3.05, 3.63) is 12.2 Å². The summed E-state index contributed by atoms with van der Waals surface area (Å²) in [4.78, 5) is 13.2. The third-order valence-electron chi connectivity index (χ3n) is 3.89. The van der Waals surface area contributed by atoms with Crippen molar-refractivity contribution in [1.82, 2.24) is 4.90 Å². The average molecular weight is 179 g/mol. The largest absolute Gasteiger partial charge is 0.373 e. The van der Waals surface area contributed by atoms with Crippen molar-refractivity contribution in [2.24, 2.45) is 23.7 Å². The van der Waals surface area contributed by atoms with Crippen LogP contribution in [-0.2, 0) is 4.79 Å². The van der Waals surface area contributed by atoms with Gasteiger partial charge in [-0.15, -0.1) is 0 Å². The maximum absolute atomic E-state index is 11.7. The number of aliphatic hydroxyl groups is 1. The van der Waals surface area contributed by atoms with Gasteiger partial charge in [-0.3, -0.25) is 4.79 Å². The van der Waals surface area contributed by atoms with Gasteiger partial charge in [0.1, 0.15) is 6.23 Å². The summed E-state index contributed by atoms with van der Waals surface area (Å²) in [6, 6.07) is 0. The van der Waals surface area contributed by atoms with Crippen molar-refractivity contribution in [3.8, 4) is 0 Å². The fourth-order valence-corrected chi connectivity index (χ4v) is 3.24. The van der Waals surface area contributed by atoms with Gasteiger partial charge in [0.25, 0.3) is 0 Å². The number of likely N-dealkylation sites (tertiary alicyclic amines) is 1. The molecule has 0 radical (unpaired) electrons. The van der Waals surface area contributed by atoms with Gasteiger partial charge in [0, 0.05) is 13.0 Å². The molecular weight excluding hydrogens is 166 g/mol. The molecule has 0 aromatic rings. The number of carbonyl (C=O) groups excluding carboxylic acids is 1. The molecule has 0 spiro atoms. The number of amides is 1. The van der Waals surface area contributed by atoms with Crippen LogP contribution in [0.25, 0.3) is 0 Å². The molecule has 3 rings (SSSR count). The Morgan fingerprint density at radius 3 is 2.85 bits per heavy atom. The topological polar surface area (TPSA) is 40.5 Å². The Kier molecular flexibility index (Phi) is 1.25. The summed E-state index contributed by atoms with van der Waals surface area (Å²) in [5, 5.41) is 9.83. The minimum absolute atomic E-state index is 0.0787. The predicted octanol–water partition coefficient (Wildman–Crippen LogP) is 0.215. The molecule has 0 aromatic heterocycles. The van der Waals surface area contributed by atoms with Gasteiger partial charge in [-0.25, -0.2) is 0 Å². The van der Waals surface area contributed by atoms with Crippen molar-refractivity contribution < 1.29 is 9.90 Å². The van der Waals surface area contributed by atoms with Crippen LogP contribution in [-0.4, -0.2) is 29.2 Å². The Bertz CT molecular complexity index is 299. The molecule has 1 amide bonds. The SMILES string of the molecule is CN1C(=O)[C@@H]2C3C=CC(C3)C2[C@H]1O. The Hall–Kier alpha value is -0.830. The fourth-order valence-electron chi connectivity index (χ4n) is 3.24. The molecule has 3 aliphatic rings. The normalized spacial score (nSPS) is 52.0. The van der Waals surface area contributed by atoms with E-state index in [4.69, 9.17) is 0 Å². The molecule has 1 heterocycles. The molecule has 70 valence electrons. The lowest BCUT2D eigenvalue weighted by molar-refractivity contribution is -0.134. The Morgan fingerprint density at radius 2 is 2.15 bits per heavy atom. The highest BCUT2D eigenvalue weighted by Gasteiger charge is 2.57. The van der Waals surface area contributed by atoms with E-state index in [1.165, 1.54) is 4.90 Å². The molecule has 0 aromatic carbocycles. The van der Waals surface area contributed by atoms with Crippen molar-refractivity contribution >= 4 is 5.91 Å².